The fraction of sp³-hybridized carbons (Fsp3) is 0.587. The number of nitrogens with two attached hydrogens (primary N) is 1. The van der Waals surface area contributed by atoms with Crippen LogP contribution in [0.3, 0.4) is 0 Å². The Morgan fingerprint density at radius 2 is 1.46 bits per heavy atom. The van der Waals surface area contributed by atoms with Crippen molar-refractivity contribution in [3.05, 3.63) is 71.8 Å². The number of ether oxygens (including phenoxy) is 1. The van der Waals surface area contributed by atoms with Crippen molar-refractivity contribution in [1.29, 1.82) is 0 Å². The second-order valence-corrected chi connectivity index (χ2v) is 16.4. The van der Waals surface area contributed by atoms with Gasteiger partial charge in [-0.2, -0.15) is 0 Å². The van der Waals surface area contributed by atoms with Gasteiger partial charge in [-0.3, -0.25) is 33.6 Å². The van der Waals surface area contributed by atoms with Gasteiger partial charge in [-0.05, 0) is 49.1 Å². The molecule has 2 aliphatic carbocycles. The zero-order chi connectivity index (χ0) is 40.7. The van der Waals surface area contributed by atoms with Crippen LogP contribution in [-0.4, -0.2) is 64.4 Å². The Bertz CT molecular complexity index is 1690. The van der Waals surface area contributed by atoms with Crippen LogP contribution in [0.25, 0.3) is 0 Å². The van der Waals surface area contributed by atoms with Crippen LogP contribution in [0, 0.1) is 23.7 Å². The van der Waals surface area contributed by atoms with E-state index in [1.54, 1.807) is 35.2 Å². The summed E-state index contributed by atoms with van der Waals surface area (Å²) in [5, 5.41) is 2.56. The highest BCUT2D eigenvalue weighted by Crippen LogP contribution is 2.38. The molecule has 0 aromatic heterocycles. The molecule has 3 aliphatic rings. The van der Waals surface area contributed by atoms with Crippen molar-refractivity contribution in [1.82, 2.24) is 10.2 Å². The first-order valence-corrected chi connectivity index (χ1v) is 21.3. The van der Waals surface area contributed by atoms with E-state index in [1.807, 2.05) is 37.3 Å². The zero-order valence-corrected chi connectivity index (χ0v) is 33.5. The summed E-state index contributed by atoms with van der Waals surface area (Å²) >= 11 is 0. The molecule has 1 aliphatic heterocycles. The zero-order valence-electron chi connectivity index (χ0n) is 33.5. The summed E-state index contributed by atoms with van der Waals surface area (Å²) in [7, 11) is 0. The van der Waals surface area contributed by atoms with E-state index >= 15 is 0 Å². The lowest BCUT2D eigenvalue weighted by Crippen LogP contribution is -2.47. The van der Waals surface area contributed by atoms with Gasteiger partial charge in [0, 0.05) is 56.4 Å². The van der Waals surface area contributed by atoms with Gasteiger partial charge >= 0.3 is 0 Å². The summed E-state index contributed by atoms with van der Waals surface area (Å²) in [6.07, 6.45) is 9.39. The van der Waals surface area contributed by atoms with Gasteiger partial charge in [0.1, 0.15) is 11.8 Å². The highest BCUT2D eigenvalue weighted by Gasteiger charge is 2.45. The van der Waals surface area contributed by atoms with Crippen molar-refractivity contribution in [2.45, 2.75) is 141 Å². The summed E-state index contributed by atoms with van der Waals surface area (Å²) in [6.45, 7) is 2.48. The van der Waals surface area contributed by atoms with E-state index < -0.39 is 53.4 Å². The number of carbonyl (C=O) groups excluding carboxylic acids is 7. The number of rotatable bonds is 22. The van der Waals surface area contributed by atoms with Gasteiger partial charge in [0.05, 0.1) is 18.8 Å². The lowest BCUT2D eigenvalue weighted by Gasteiger charge is -2.34. The van der Waals surface area contributed by atoms with E-state index in [-0.39, 0.29) is 68.0 Å². The molecule has 2 aromatic carbocycles. The molecule has 0 radical (unpaired) electrons. The van der Waals surface area contributed by atoms with Gasteiger partial charge in [-0.25, -0.2) is 0 Å². The van der Waals surface area contributed by atoms with Crippen molar-refractivity contribution in [3.63, 3.8) is 0 Å². The van der Waals surface area contributed by atoms with Crippen molar-refractivity contribution >= 4 is 40.9 Å². The molecule has 3 unspecified atom stereocenters. The number of carbonyl (C=O) groups is 7. The minimum atomic E-state index is -1.09. The third-order valence-corrected chi connectivity index (χ3v) is 12.3. The molecule has 11 heteroatoms. The first kappa shape index (κ1) is 43.6. The maximum absolute atomic E-state index is 14.8. The number of nitrogens with one attached hydrogen (secondary N) is 1. The average molecular weight is 784 g/mol. The number of Topliss-reactive ketones (excluding diaryl/α,β-unsaturated/α-hetero) is 4. The van der Waals surface area contributed by atoms with Crippen LogP contribution < -0.4 is 11.1 Å². The molecular formula is C46H61N3O8. The Balaban J connectivity index is 1.30. The number of ketones is 4. The van der Waals surface area contributed by atoms with Gasteiger partial charge in [-0.1, -0.05) is 113 Å². The van der Waals surface area contributed by atoms with E-state index in [2.05, 4.69) is 5.32 Å². The smallest absolute Gasteiger partial charge is 0.244 e. The van der Waals surface area contributed by atoms with E-state index in [9.17, 15) is 33.6 Å². The van der Waals surface area contributed by atoms with Crippen molar-refractivity contribution in [2.75, 3.05) is 6.54 Å². The van der Waals surface area contributed by atoms with E-state index in [1.165, 1.54) is 0 Å². The Morgan fingerprint density at radius 1 is 0.807 bits per heavy atom. The molecule has 3 N–H and O–H groups in total. The van der Waals surface area contributed by atoms with Crippen LogP contribution in [0.15, 0.2) is 60.7 Å². The minimum Gasteiger partial charge on any atom is -0.372 e. The molecule has 0 spiro atoms. The number of primary amides is 1. The van der Waals surface area contributed by atoms with E-state index in [4.69, 9.17) is 10.5 Å². The summed E-state index contributed by atoms with van der Waals surface area (Å²) in [4.78, 5) is 96.4. The first-order chi connectivity index (χ1) is 27.5. The van der Waals surface area contributed by atoms with Crippen LogP contribution in [0.4, 0.5) is 0 Å². The molecule has 2 saturated carbocycles. The van der Waals surface area contributed by atoms with Crippen LogP contribution in [-0.2, 0) is 44.9 Å². The first-order valence-electron chi connectivity index (χ1n) is 21.3. The number of hydrogen-bond donors (Lipinski definition) is 2. The van der Waals surface area contributed by atoms with Crippen LogP contribution >= 0.6 is 0 Å². The normalized spacial score (nSPS) is 20.4. The van der Waals surface area contributed by atoms with Crippen molar-refractivity contribution < 1.29 is 38.3 Å². The topological polar surface area (TPSA) is 170 Å². The van der Waals surface area contributed by atoms with Gasteiger partial charge in [-0.15, -0.1) is 0 Å². The third kappa shape index (κ3) is 12.5. The quantitative estimate of drug-likeness (QED) is 0.127. The van der Waals surface area contributed by atoms with E-state index in [0.29, 0.717) is 25.0 Å². The highest BCUT2D eigenvalue weighted by atomic mass is 16.5. The molecule has 1 saturated heterocycles. The van der Waals surface area contributed by atoms with Crippen LogP contribution in [0.5, 0.6) is 0 Å². The molecule has 5 atom stereocenters. The monoisotopic (exact) mass is 783 g/mol. The number of amides is 3. The number of benzene rings is 2. The van der Waals surface area contributed by atoms with Crippen LogP contribution in [0.2, 0.25) is 0 Å². The lowest BCUT2D eigenvalue weighted by molar-refractivity contribution is -0.146. The Labute approximate surface area is 337 Å². The van der Waals surface area contributed by atoms with Crippen LogP contribution in [0.1, 0.15) is 133 Å². The predicted octanol–water partition coefficient (Wildman–Crippen LogP) is 6.55. The second kappa shape index (κ2) is 21.9. The molecule has 11 nitrogen and oxygen atoms in total. The average Bonchev–Trinajstić information content (AvgIpc) is 3.94. The molecule has 0 bridgehead atoms. The van der Waals surface area contributed by atoms with Gasteiger partial charge < -0.3 is 20.7 Å². The molecule has 308 valence electrons. The Morgan fingerprint density at radius 3 is 2.11 bits per heavy atom. The molecule has 1 heterocycles. The summed E-state index contributed by atoms with van der Waals surface area (Å²) in [5.41, 5.74) is 7.00. The lowest BCUT2D eigenvalue weighted by atomic mass is 9.76. The third-order valence-electron chi connectivity index (χ3n) is 12.3. The fourth-order valence-corrected chi connectivity index (χ4v) is 9.02. The van der Waals surface area contributed by atoms with Gasteiger partial charge in [0.2, 0.25) is 23.5 Å². The van der Waals surface area contributed by atoms with Gasteiger partial charge in [0.25, 0.3) is 0 Å². The molecule has 57 heavy (non-hydrogen) atoms. The van der Waals surface area contributed by atoms with E-state index in [0.717, 1.165) is 69.8 Å². The summed E-state index contributed by atoms with van der Waals surface area (Å²) in [6, 6.07) is 16.2. The summed E-state index contributed by atoms with van der Waals surface area (Å²) in [5.74, 6) is -4.53. The highest BCUT2D eigenvalue weighted by molar-refractivity contribution is 6.38. The molecule has 5 rings (SSSR count). The molecular weight excluding hydrogens is 723 g/mol. The van der Waals surface area contributed by atoms with Crippen molar-refractivity contribution in [3.8, 4) is 0 Å². The molecule has 3 fully saturated rings. The summed E-state index contributed by atoms with van der Waals surface area (Å²) < 4.78 is 6.32. The SMILES string of the molecule is CCCCC(CC(=O)[C@@H]1C[C@@H](OCc2ccccc2)CN1C(=O)C(CC(=O)C1CCCC1)C1CCCCC1)C(=O)C(=O)CCC(=O)NC(C(N)=O)c1ccccc1. The maximum atomic E-state index is 14.8. The minimum absolute atomic E-state index is 0.00996. The Hall–Kier alpha value is -4.51. The molecule has 2 aromatic rings. The number of hydrogen-bond acceptors (Lipinski definition) is 8. The number of nitrogens with zero attached hydrogens (tertiary/aromatic N) is 1. The molecule has 3 amide bonds. The van der Waals surface area contributed by atoms with Gasteiger partial charge in [0.15, 0.2) is 11.6 Å². The maximum Gasteiger partial charge on any atom is 0.244 e. The largest absolute Gasteiger partial charge is 0.372 e. The number of unbranched alkanes of at least 4 members (excludes halogenated alkanes) is 1. The second-order valence-electron chi connectivity index (χ2n) is 16.4. The van der Waals surface area contributed by atoms with Crippen molar-refractivity contribution in [2.24, 2.45) is 29.4 Å². The number of likely N-dealkylation sites (tertiary alicyclic amines) is 1. The standard InChI is InChI=1S/C46H61N3O8/c1-2-3-17-35(44(54)39(50)24-25-42(53)48-43(45(47)55)34-22-11-6-12-23-34)26-41(52)38-27-36(57-30-31-15-7-4-8-16-31)29-49(38)46(56)37(32-18-9-5-10-19-32)28-40(51)33-20-13-14-21-33/h4,6-8,11-12,15-16,22-23,32-33,35-38,43H,2-3,5,9-10,13-14,17-21,24-30H2,1H3,(H2,47,55)(H,48,53)/t35?,36-,37?,38+,43?/m1/s1. The fourth-order valence-electron chi connectivity index (χ4n) is 9.02. The predicted molar refractivity (Wildman–Crippen MR) is 215 cm³/mol. The Kier molecular flexibility index (Phi) is 16.7.